The van der Waals surface area contributed by atoms with Gasteiger partial charge in [-0.3, -0.25) is 4.79 Å². The number of aliphatic hydroxyl groups excluding tert-OH is 1. The van der Waals surface area contributed by atoms with E-state index in [1.807, 2.05) is 42.5 Å². The maximum atomic E-state index is 12.0. The lowest BCUT2D eigenvalue weighted by Gasteiger charge is -2.03. The van der Waals surface area contributed by atoms with Crippen LogP contribution in [0.25, 0.3) is 10.9 Å². The molecule has 0 bridgehead atoms. The van der Waals surface area contributed by atoms with Crippen molar-refractivity contribution in [2.24, 2.45) is 0 Å². The monoisotopic (exact) mass is 280 g/mol. The first-order valence-electron chi connectivity index (χ1n) is 6.81. The highest BCUT2D eigenvalue weighted by atomic mass is 16.3. The molecule has 0 atom stereocenters. The molecule has 0 radical (unpaired) electrons. The van der Waals surface area contributed by atoms with Crippen LogP contribution in [-0.4, -0.2) is 16.0 Å². The van der Waals surface area contributed by atoms with Gasteiger partial charge in [0.15, 0.2) is 0 Å². The third kappa shape index (κ3) is 2.80. The van der Waals surface area contributed by atoms with E-state index in [9.17, 15) is 9.90 Å². The lowest BCUT2D eigenvalue weighted by Crippen LogP contribution is -2.22. The molecule has 3 rings (SSSR count). The van der Waals surface area contributed by atoms with Crippen LogP contribution in [0.15, 0.2) is 54.6 Å². The molecule has 4 nitrogen and oxygen atoms in total. The van der Waals surface area contributed by atoms with E-state index in [1.54, 1.807) is 12.1 Å². The van der Waals surface area contributed by atoms with Gasteiger partial charge in [0.25, 0.3) is 5.91 Å². The SMILES string of the molecule is O=C(NCc1cc2c(CO)cccc2[nH]1)c1ccccc1. The predicted octanol–water partition coefficient (Wildman–Crippen LogP) is 2.59. The van der Waals surface area contributed by atoms with Gasteiger partial charge < -0.3 is 15.4 Å². The van der Waals surface area contributed by atoms with Crippen LogP contribution in [0, 0.1) is 0 Å². The van der Waals surface area contributed by atoms with E-state index < -0.39 is 0 Å². The number of aromatic nitrogens is 1. The summed E-state index contributed by atoms with van der Waals surface area (Å²) in [7, 11) is 0. The number of hydrogen-bond donors (Lipinski definition) is 3. The molecular formula is C17H16N2O2. The summed E-state index contributed by atoms with van der Waals surface area (Å²) in [5.41, 5.74) is 3.40. The summed E-state index contributed by atoms with van der Waals surface area (Å²) in [5, 5.41) is 13.2. The molecular weight excluding hydrogens is 264 g/mol. The van der Waals surface area contributed by atoms with E-state index in [1.165, 1.54) is 0 Å². The van der Waals surface area contributed by atoms with Gasteiger partial charge in [0, 0.05) is 22.2 Å². The van der Waals surface area contributed by atoms with Gasteiger partial charge >= 0.3 is 0 Å². The van der Waals surface area contributed by atoms with Crippen LogP contribution in [0.1, 0.15) is 21.6 Å². The average molecular weight is 280 g/mol. The maximum Gasteiger partial charge on any atom is 0.251 e. The van der Waals surface area contributed by atoms with Gasteiger partial charge in [-0.25, -0.2) is 0 Å². The lowest BCUT2D eigenvalue weighted by molar-refractivity contribution is 0.0950. The molecule has 0 fully saturated rings. The van der Waals surface area contributed by atoms with Crippen LogP contribution in [-0.2, 0) is 13.2 Å². The van der Waals surface area contributed by atoms with Crippen molar-refractivity contribution in [3.05, 3.63) is 71.4 Å². The van der Waals surface area contributed by atoms with E-state index in [2.05, 4.69) is 10.3 Å². The quantitative estimate of drug-likeness (QED) is 0.687. The smallest absolute Gasteiger partial charge is 0.251 e. The van der Waals surface area contributed by atoms with Gasteiger partial charge in [-0.15, -0.1) is 0 Å². The Morgan fingerprint density at radius 1 is 1.10 bits per heavy atom. The number of fused-ring (bicyclic) bond motifs is 1. The second-order valence-electron chi connectivity index (χ2n) is 4.88. The largest absolute Gasteiger partial charge is 0.392 e. The second-order valence-corrected chi connectivity index (χ2v) is 4.88. The Labute approximate surface area is 122 Å². The highest BCUT2D eigenvalue weighted by Gasteiger charge is 2.07. The number of aliphatic hydroxyl groups is 1. The van der Waals surface area contributed by atoms with Crippen molar-refractivity contribution in [1.29, 1.82) is 0 Å². The standard InChI is InChI=1S/C17H16N2O2/c20-11-13-7-4-8-16-15(13)9-14(19-16)10-18-17(21)12-5-2-1-3-6-12/h1-9,19-20H,10-11H2,(H,18,21). The minimum absolute atomic E-state index is 0.00497. The number of nitrogens with one attached hydrogen (secondary N) is 2. The van der Waals surface area contributed by atoms with Crippen molar-refractivity contribution < 1.29 is 9.90 Å². The topological polar surface area (TPSA) is 65.1 Å². The van der Waals surface area contributed by atoms with Crippen molar-refractivity contribution >= 4 is 16.8 Å². The average Bonchev–Trinajstić information content (AvgIpc) is 2.96. The summed E-state index contributed by atoms with van der Waals surface area (Å²) in [6.45, 7) is 0.429. The number of hydrogen-bond acceptors (Lipinski definition) is 2. The normalized spacial score (nSPS) is 10.7. The molecule has 3 N–H and O–H groups in total. The Morgan fingerprint density at radius 3 is 2.67 bits per heavy atom. The van der Waals surface area contributed by atoms with Gasteiger partial charge in [0.1, 0.15) is 0 Å². The van der Waals surface area contributed by atoms with Crippen LogP contribution in [0.2, 0.25) is 0 Å². The summed E-state index contributed by atoms with van der Waals surface area (Å²) in [4.78, 5) is 15.2. The Hall–Kier alpha value is -2.59. The summed E-state index contributed by atoms with van der Waals surface area (Å²) in [5.74, 6) is -0.100. The zero-order valence-corrected chi connectivity index (χ0v) is 11.5. The second kappa shape index (κ2) is 5.81. The zero-order chi connectivity index (χ0) is 14.7. The van der Waals surface area contributed by atoms with E-state index in [0.717, 1.165) is 22.2 Å². The van der Waals surface area contributed by atoms with Gasteiger partial charge in [-0.1, -0.05) is 30.3 Å². The molecule has 0 saturated carbocycles. The Bertz CT molecular complexity index is 763. The molecule has 0 unspecified atom stereocenters. The minimum atomic E-state index is -0.100. The molecule has 106 valence electrons. The van der Waals surface area contributed by atoms with E-state index in [0.29, 0.717) is 12.1 Å². The van der Waals surface area contributed by atoms with Crippen molar-refractivity contribution in [3.8, 4) is 0 Å². The van der Waals surface area contributed by atoms with Crippen molar-refractivity contribution in [1.82, 2.24) is 10.3 Å². The van der Waals surface area contributed by atoms with Crippen molar-refractivity contribution in [2.75, 3.05) is 0 Å². The Kier molecular flexibility index (Phi) is 3.71. The Morgan fingerprint density at radius 2 is 1.90 bits per heavy atom. The fraction of sp³-hybridized carbons (Fsp3) is 0.118. The van der Waals surface area contributed by atoms with Gasteiger partial charge in [0.2, 0.25) is 0 Å². The number of amides is 1. The molecule has 1 heterocycles. The third-order valence-corrected chi connectivity index (χ3v) is 3.46. The number of carbonyl (C=O) groups is 1. The van der Waals surface area contributed by atoms with Crippen molar-refractivity contribution in [3.63, 3.8) is 0 Å². The molecule has 0 saturated heterocycles. The van der Waals surface area contributed by atoms with Gasteiger partial charge in [-0.2, -0.15) is 0 Å². The van der Waals surface area contributed by atoms with E-state index in [4.69, 9.17) is 0 Å². The molecule has 0 aliphatic carbocycles. The van der Waals surface area contributed by atoms with Crippen LogP contribution in [0.3, 0.4) is 0 Å². The molecule has 3 aromatic rings. The number of benzene rings is 2. The van der Waals surface area contributed by atoms with Crippen LogP contribution in [0.5, 0.6) is 0 Å². The first-order valence-corrected chi connectivity index (χ1v) is 6.81. The number of aromatic amines is 1. The molecule has 21 heavy (non-hydrogen) atoms. The first kappa shape index (κ1) is 13.4. The highest BCUT2D eigenvalue weighted by Crippen LogP contribution is 2.20. The van der Waals surface area contributed by atoms with Crippen LogP contribution >= 0.6 is 0 Å². The fourth-order valence-corrected chi connectivity index (χ4v) is 2.38. The maximum absolute atomic E-state index is 12.0. The van der Waals surface area contributed by atoms with E-state index in [-0.39, 0.29) is 12.5 Å². The molecule has 0 spiro atoms. The molecule has 1 aromatic heterocycles. The minimum Gasteiger partial charge on any atom is -0.392 e. The number of rotatable bonds is 4. The molecule has 0 aliphatic heterocycles. The van der Waals surface area contributed by atoms with Crippen molar-refractivity contribution in [2.45, 2.75) is 13.2 Å². The molecule has 4 heteroatoms. The zero-order valence-electron chi connectivity index (χ0n) is 11.5. The molecule has 2 aromatic carbocycles. The highest BCUT2D eigenvalue weighted by molar-refractivity contribution is 5.94. The van der Waals surface area contributed by atoms with Gasteiger partial charge in [-0.05, 0) is 29.8 Å². The lowest BCUT2D eigenvalue weighted by atomic mass is 10.1. The summed E-state index contributed by atoms with van der Waals surface area (Å²) in [6.07, 6.45) is 0. The summed E-state index contributed by atoms with van der Waals surface area (Å²) >= 11 is 0. The number of H-pyrrole nitrogens is 1. The predicted molar refractivity (Wildman–Crippen MR) is 81.8 cm³/mol. The molecule has 1 amide bonds. The summed E-state index contributed by atoms with van der Waals surface area (Å²) in [6, 6.07) is 16.8. The third-order valence-electron chi connectivity index (χ3n) is 3.46. The summed E-state index contributed by atoms with van der Waals surface area (Å²) < 4.78 is 0. The molecule has 0 aliphatic rings. The van der Waals surface area contributed by atoms with Crippen LogP contribution in [0.4, 0.5) is 0 Å². The fourth-order valence-electron chi connectivity index (χ4n) is 2.38. The van der Waals surface area contributed by atoms with Gasteiger partial charge in [0.05, 0.1) is 13.2 Å². The number of carbonyl (C=O) groups excluding carboxylic acids is 1. The van der Waals surface area contributed by atoms with E-state index >= 15 is 0 Å². The Balaban J connectivity index is 1.75. The first-order chi connectivity index (χ1) is 10.3. The van der Waals surface area contributed by atoms with Crippen LogP contribution < -0.4 is 5.32 Å².